The molecule has 0 amide bonds. The van der Waals surface area contributed by atoms with E-state index in [4.69, 9.17) is 0 Å². The second-order valence-electron chi connectivity index (χ2n) is 3.13. The number of nitrogens with zero attached hydrogens (tertiary/aromatic N) is 2. The molecule has 0 saturated heterocycles. The molecular formula is C10H10BrN3S. The zero-order valence-corrected chi connectivity index (χ0v) is 10.5. The Morgan fingerprint density at radius 1 is 1.40 bits per heavy atom. The lowest BCUT2D eigenvalue weighted by Crippen LogP contribution is -2.06. The summed E-state index contributed by atoms with van der Waals surface area (Å²) in [7, 11) is 0. The van der Waals surface area contributed by atoms with Gasteiger partial charge in [-0.1, -0.05) is 45.5 Å². The molecule has 1 N–H and O–H groups in total. The SMILES string of the molecule is CC(Nc1nncs1)c1ccccc1Br. The average Bonchev–Trinajstić information content (AvgIpc) is 2.71. The van der Waals surface area contributed by atoms with Crippen LogP contribution in [-0.2, 0) is 0 Å². The molecule has 1 heterocycles. The first-order chi connectivity index (χ1) is 7.27. The lowest BCUT2D eigenvalue weighted by Gasteiger charge is -2.14. The number of hydrogen-bond acceptors (Lipinski definition) is 4. The Labute approximate surface area is 101 Å². The van der Waals surface area contributed by atoms with Gasteiger partial charge < -0.3 is 5.32 Å². The third-order valence-corrected chi connectivity index (χ3v) is 3.42. The van der Waals surface area contributed by atoms with Crippen LogP contribution in [0.4, 0.5) is 5.13 Å². The molecule has 2 aromatic rings. The summed E-state index contributed by atoms with van der Waals surface area (Å²) in [6.45, 7) is 2.10. The van der Waals surface area contributed by atoms with Gasteiger partial charge in [-0.3, -0.25) is 0 Å². The Hall–Kier alpha value is -0.940. The summed E-state index contributed by atoms with van der Waals surface area (Å²) < 4.78 is 1.11. The van der Waals surface area contributed by atoms with Crippen molar-refractivity contribution in [2.24, 2.45) is 0 Å². The van der Waals surface area contributed by atoms with Gasteiger partial charge in [-0.05, 0) is 18.6 Å². The average molecular weight is 284 g/mol. The van der Waals surface area contributed by atoms with Crippen LogP contribution in [0.3, 0.4) is 0 Å². The minimum absolute atomic E-state index is 0.216. The van der Waals surface area contributed by atoms with E-state index in [-0.39, 0.29) is 6.04 Å². The summed E-state index contributed by atoms with van der Waals surface area (Å²) >= 11 is 5.03. The van der Waals surface area contributed by atoms with Crippen molar-refractivity contribution in [3.63, 3.8) is 0 Å². The molecule has 2 rings (SSSR count). The fourth-order valence-corrected chi connectivity index (χ4v) is 2.49. The number of hydrogen-bond donors (Lipinski definition) is 1. The van der Waals surface area contributed by atoms with Crippen LogP contribution in [0.15, 0.2) is 34.2 Å². The van der Waals surface area contributed by atoms with Gasteiger partial charge >= 0.3 is 0 Å². The standard InChI is InChI=1S/C10H10BrN3S/c1-7(13-10-14-12-6-15-10)8-4-2-3-5-9(8)11/h2-7H,1H3,(H,13,14). The number of halogens is 1. The monoisotopic (exact) mass is 283 g/mol. The van der Waals surface area contributed by atoms with Crippen molar-refractivity contribution >= 4 is 32.4 Å². The summed E-state index contributed by atoms with van der Waals surface area (Å²) in [5.41, 5.74) is 2.93. The summed E-state index contributed by atoms with van der Waals surface area (Å²) in [5.74, 6) is 0. The van der Waals surface area contributed by atoms with E-state index in [0.717, 1.165) is 9.60 Å². The number of anilines is 1. The summed E-state index contributed by atoms with van der Waals surface area (Å²) in [6, 6.07) is 8.37. The van der Waals surface area contributed by atoms with Gasteiger partial charge in [0.05, 0.1) is 6.04 Å². The zero-order chi connectivity index (χ0) is 10.7. The highest BCUT2D eigenvalue weighted by atomic mass is 79.9. The molecule has 0 aliphatic rings. The second kappa shape index (κ2) is 4.72. The van der Waals surface area contributed by atoms with E-state index in [1.54, 1.807) is 5.51 Å². The molecule has 0 saturated carbocycles. The number of nitrogens with one attached hydrogen (secondary N) is 1. The predicted molar refractivity (Wildman–Crippen MR) is 66.1 cm³/mol. The summed E-state index contributed by atoms with van der Waals surface area (Å²) in [5, 5.41) is 11.9. The Kier molecular flexibility index (Phi) is 3.33. The van der Waals surface area contributed by atoms with Crippen LogP contribution in [0.2, 0.25) is 0 Å². The van der Waals surface area contributed by atoms with E-state index in [2.05, 4.69) is 44.4 Å². The summed E-state index contributed by atoms with van der Waals surface area (Å²) in [4.78, 5) is 0. The van der Waals surface area contributed by atoms with Gasteiger partial charge in [-0.2, -0.15) is 0 Å². The van der Waals surface area contributed by atoms with Gasteiger partial charge in [0.1, 0.15) is 5.51 Å². The van der Waals surface area contributed by atoms with E-state index in [1.807, 2.05) is 18.2 Å². The number of aromatic nitrogens is 2. The molecule has 1 aromatic heterocycles. The smallest absolute Gasteiger partial charge is 0.205 e. The molecule has 0 spiro atoms. The molecule has 0 radical (unpaired) electrons. The van der Waals surface area contributed by atoms with E-state index in [1.165, 1.54) is 16.9 Å². The molecule has 15 heavy (non-hydrogen) atoms. The van der Waals surface area contributed by atoms with E-state index in [9.17, 15) is 0 Å². The second-order valence-corrected chi connectivity index (χ2v) is 4.82. The first-order valence-corrected chi connectivity index (χ1v) is 6.22. The number of benzene rings is 1. The highest BCUT2D eigenvalue weighted by Gasteiger charge is 2.09. The maximum Gasteiger partial charge on any atom is 0.205 e. The maximum atomic E-state index is 3.95. The maximum absolute atomic E-state index is 3.95. The van der Waals surface area contributed by atoms with Crippen LogP contribution in [0, 0.1) is 0 Å². The van der Waals surface area contributed by atoms with Gasteiger partial charge in [0.15, 0.2) is 0 Å². The van der Waals surface area contributed by atoms with Gasteiger partial charge in [0, 0.05) is 4.47 Å². The van der Waals surface area contributed by atoms with Crippen LogP contribution in [0.25, 0.3) is 0 Å². The third-order valence-electron chi connectivity index (χ3n) is 2.07. The predicted octanol–water partition coefficient (Wildman–Crippen LogP) is 3.47. The Morgan fingerprint density at radius 3 is 2.87 bits per heavy atom. The van der Waals surface area contributed by atoms with Crippen LogP contribution < -0.4 is 5.32 Å². The highest BCUT2D eigenvalue weighted by Crippen LogP contribution is 2.26. The molecule has 0 aliphatic heterocycles. The van der Waals surface area contributed by atoms with Crippen molar-refractivity contribution in [3.8, 4) is 0 Å². The van der Waals surface area contributed by atoms with Gasteiger partial charge in [-0.15, -0.1) is 10.2 Å². The van der Waals surface area contributed by atoms with Gasteiger partial charge in [0.2, 0.25) is 5.13 Å². The largest absolute Gasteiger partial charge is 0.354 e. The van der Waals surface area contributed by atoms with Crippen molar-refractivity contribution in [1.82, 2.24) is 10.2 Å². The normalized spacial score (nSPS) is 12.4. The molecule has 0 fully saturated rings. The molecule has 5 heteroatoms. The minimum Gasteiger partial charge on any atom is -0.354 e. The van der Waals surface area contributed by atoms with Crippen LogP contribution >= 0.6 is 27.3 Å². The molecule has 78 valence electrons. The molecule has 1 aromatic carbocycles. The first-order valence-electron chi connectivity index (χ1n) is 4.54. The zero-order valence-electron chi connectivity index (χ0n) is 8.14. The topological polar surface area (TPSA) is 37.8 Å². The quantitative estimate of drug-likeness (QED) is 0.937. The van der Waals surface area contributed by atoms with Gasteiger partial charge in [-0.25, -0.2) is 0 Å². The van der Waals surface area contributed by atoms with Crippen LogP contribution in [0.1, 0.15) is 18.5 Å². The highest BCUT2D eigenvalue weighted by molar-refractivity contribution is 9.10. The molecule has 1 unspecified atom stereocenters. The fraction of sp³-hybridized carbons (Fsp3) is 0.200. The first kappa shape index (κ1) is 10.6. The van der Waals surface area contributed by atoms with Crippen molar-refractivity contribution in [1.29, 1.82) is 0 Å². The van der Waals surface area contributed by atoms with Crippen molar-refractivity contribution in [2.75, 3.05) is 5.32 Å². The van der Waals surface area contributed by atoms with E-state index in [0.29, 0.717) is 0 Å². The van der Waals surface area contributed by atoms with Crippen LogP contribution in [-0.4, -0.2) is 10.2 Å². The molecule has 1 atom stereocenters. The lowest BCUT2D eigenvalue weighted by atomic mass is 10.1. The van der Waals surface area contributed by atoms with Gasteiger partial charge in [0.25, 0.3) is 0 Å². The third kappa shape index (κ3) is 2.54. The van der Waals surface area contributed by atoms with E-state index < -0.39 is 0 Å². The van der Waals surface area contributed by atoms with E-state index >= 15 is 0 Å². The lowest BCUT2D eigenvalue weighted by molar-refractivity contribution is 0.868. The Balaban J connectivity index is 2.15. The Bertz CT molecular complexity index is 430. The Morgan fingerprint density at radius 2 is 2.20 bits per heavy atom. The minimum atomic E-state index is 0.216. The van der Waals surface area contributed by atoms with Crippen LogP contribution in [0.5, 0.6) is 0 Å². The molecule has 3 nitrogen and oxygen atoms in total. The summed E-state index contributed by atoms with van der Waals surface area (Å²) in [6.07, 6.45) is 0. The molecule has 0 aliphatic carbocycles. The van der Waals surface area contributed by atoms with Crippen molar-refractivity contribution in [2.45, 2.75) is 13.0 Å². The fourth-order valence-electron chi connectivity index (χ4n) is 1.33. The number of rotatable bonds is 3. The van der Waals surface area contributed by atoms with Crippen molar-refractivity contribution in [3.05, 3.63) is 39.8 Å². The van der Waals surface area contributed by atoms with Crippen molar-refractivity contribution < 1.29 is 0 Å². The molecule has 0 bridgehead atoms. The molecular weight excluding hydrogens is 274 g/mol.